The van der Waals surface area contributed by atoms with E-state index in [2.05, 4.69) is 44.6 Å². The molecule has 3 aromatic rings. The Balaban J connectivity index is 1.33. The highest BCUT2D eigenvalue weighted by Gasteiger charge is 2.03. The summed E-state index contributed by atoms with van der Waals surface area (Å²) >= 11 is 0. The number of nitrogens with one attached hydrogen (secondary N) is 1. The lowest BCUT2D eigenvalue weighted by atomic mass is 10.2. The van der Waals surface area contributed by atoms with E-state index in [1.165, 1.54) is 31.4 Å². The number of hydrogen-bond acceptors (Lipinski definition) is 5. The van der Waals surface area contributed by atoms with Crippen LogP contribution in [0.15, 0.2) is 89.4 Å². The Labute approximate surface area is 176 Å². The zero-order valence-electron chi connectivity index (χ0n) is 16.9. The van der Waals surface area contributed by atoms with Gasteiger partial charge in [-0.05, 0) is 49.2 Å². The molecule has 7 nitrogen and oxygen atoms in total. The second-order valence-electron chi connectivity index (χ2n) is 6.97. The summed E-state index contributed by atoms with van der Waals surface area (Å²) in [5.74, 6) is 0. The standard InChI is InChI=1S/C23H26N5O2/c29-28(30)23-14-12-22(13-15-23)26-25-21-10-8-20(9-11-21)24-16-4-1-2-5-17-27-18-6-3-7-19-27/h3,6-15,18-19,24H,1-2,4-5,16-17H2/q+1. The van der Waals surface area contributed by atoms with Gasteiger partial charge in [0.05, 0.1) is 16.3 Å². The fourth-order valence-corrected chi connectivity index (χ4v) is 2.99. The molecule has 30 heavy (non-hydrogen) atoms. The van der Waals surface area contributed by atoms with Crippen LogP contribution in [0.2, 0.25) is 0 Å². The Kier molecular flexibility index (Phi) is 8.02. The minimum atomic E-state index is -0.434. The van der Waals surface area contributed by atoms with Crippen LogP contribution in [0.3, 0.4) is 0 Å². The first-order valence-corrected chi connectivity index (χ1v) is 10.1. The van der Waals surface area contributed by atoms with Gasteiger partial charge in [-0.25, -0.2) is 4.57 Å². The van der Waals surface area contributed by atoms with Crippen molar-refractivity contribution >= 4 is 22.7 Å². The number of nitro benzene ring substituents is 1. The van der Waals surface area contributed by atoms with Crippen LogP contribution in [-0.4, -0.2) is 11.5 Å². The summed E-state index contributed by atoms with van der Waals surface area (Å²) in [7, 11) is 0. The predicted octanol–water partition coefficient (Wildman–Crippen LogP) is 5.97. The van der Waals surface area contributed by atoms with Crippen molar-refractivity contribution in [1.82, 2.24) is 0 Å². The Morgan fingerprint density at radius 3 is 2.03 bits per heavy atom. The summed E-state index contributed by atoms with van der Waals surface area (Å²) in [6.45, 7) is 2.02. The van der Waals surface area contributed by atoms with Gasteiger partial charge in [-0.3, -0.25) is 10.1 Å². The first kappa shape index (κ1) is 21.1. The fourth-order valence-electron chi connectivity index (χ4n) is 2.99. The molecule has 0 spiro atoms. The van der Waals surface area contributed by atoms with Crippen LogP contribution in [-0.2, 0) is 6.54 Å². The molecule has 0 radical (unpaired) electrons. The van der Waals surface area contributed by atoms with Crippen LogP contribution in [0.25, 0.3) is 0 Å². The summed E-state index contributed by atoms with van der Waals surface area (Å²) in [6.07, 6.45) is 8.99. The van der Waals surface area contributed by atoms with Gasteiger partial charge >= 0.3 is 0 Å². The molecule has 154 valence electrons. The van der Waals surface area contributed by atoms with Gasteiger partial charge in [0.2, 0.25) is 0 Å². The van der Waals surface area contributed by atoms with E-state index < -0.39 is 4.92 Å². The predicted molar refractivity (Wildman–Crippen MR) is 117 cm³/mol. The van der Waals surface area contributed by atoms with Crippen molar-refractivity contribution in [3.63, 3.8) is 0 Å². The quantitative estimate of drug-likeness (QED) is 0.140. The molecule has 1 heterocycles. The first-order valence-electron chi connectivity index (χ1n) is 10.1. The first-order chi connectivity index (χ1) is 14.7. The number of hydrogen-bond donors (Lipinski definition) is 1. The van der Waals surface area contributed by atoms with Gasteiger partial charge < -0.3 is 5.32 Å². The number of nitrogens with zero attached hydrogens (tertiary/aromatic N) is 4. The van der Waals surface area contributed by atoms with E-state index in [1.54, 1.807) is 12.1 Å². The summed E-state index contributed by atoms with van der Waals surface area (Å²) < 4.78 is 2.22. The molecule has 0 aliphatic rings. The second kappa shape index (κ2) is 11.4. The lowest BCUT2D eigenvalue weighted by Crippen LogP contribution is -2.32. The number of unbranched alkanes of at least 4 members (excludes halogenated alkanes) is 3. The highest BCUT2D eigenvalue weighted by molar-refractivity contribution is 5.51. The number of non-ortho nitro benzene ring substituents is 1. The van der Waals surface area contributed by atoms with E-state index in [0.29, 0.717) is 5.69 Å². The van der Waals surface area contributed by atoms with Crippen LogP contribution >= 0.6 is 0 Å². The molecule has 0 fully saturated rings. The second-order valence-corrected chi connectivity index (χ2v) is 6.97. The Hall–Kier alpha value is -3.61. The third-order valence-corrected chi connectivity index (χ3v) is 4.66. The highest BCUT2D eigenvalue weighted by Crippen LogP contribution is 2.22. The van der Waals surface area contributed by atoms with E-state index in [-0.39, 0.29) is 5.69 Å². The SMILES string of the molecule is O=[N+]([O-])c1ccc(N=Nc2ccc(NCCCCCC[n+]3ccccc3)cc2)cc1. The van der Waals surface area contributed by atoms with E-state index in [9.17, 15) is 10.1 Å². The van der Waals surface area contributed by atoms with Crippen molar-refractivity contribution in [1.29, 1.82) is 0 Å². The van der Waals surface area contributed by atoms with Crippen molar-refractivity contribution in [3.05, 3.63) is 89.2 Å². The molecular weight excluding hydrogens is 378 g/mol. The normalized spacial score (nSPS) is 10.9. The van der Waals surface area contributed by atoms with Crippen LogP contribution in [0.1, 0.15) is 25.7 Å². The largest absolute Gasteiger partial charge is 0.385 e. The number of aryl methyl sites for hydroxylation is 1. The van der Waals surface area contributed by atoms with Crippen molar-refractivity contribution < 1.29 is 9.49 Å². The van der Waals surface area contributed by atoms with E-state index in [4.69, 9.17) is 0 Å². The molecule has 0 unspecified atom stereocenters. The summed E-state index contributed by atoms with van der Waals surface area (Å²) in [5, 5.41) is 22.4. The monoisotopic (exact) mass is 404 g/mol. The Bertz CT molecular complexity index is 942. The maximum atomic E-state index is 10.7. The van der Waals surface area contributed by atoms with Crippen molar-refractivity contribution in [2.45, 2.75) is 32.2 Å². The van der Waals surface area contributed by atoms with Gasteiger partial charge in [0.25, 0.3) is 5.69 Å². The van der Waals surface area contributed by atoms with Gasteiger partial charge in [-0.2, -0.15) is 10.2 Å². The number of benzene rings is 2. The molecule has 0 saturated heterocycles. The van der Waals surface area contributed by atoms with Crippen LogP contribution in [0.4, 0.5) is 22.7 Å². The molecule has 0 aliphatic heterocycles. The van der Waals surface area contributed by atoms with Gasteiger partial charge in [-0.15, -0.1) is 0 Å². The highest BCUT2D eigenvalue weighted by atomic mass is 16.6. The van der Waals surface area contributed by atoms with Gasteiger partial charge in [0.15, 0.2) is 12.4 Å². The number of pyridine rings is 1. The molecule has 3 rings (SSSR count). The number of azo groups is 1. The number of aromatic nitrogens is 1. The van der Waals surface area contributed by atoms with Gasteiger partial charge in [0, 0.05) is 42.9 Å². The zero-order valence-corrected chi connectivity index (χ0v) is 16.9. The Morgan fingerprint density at radius 1 is 0.800 bits per heavy atom. The smallest absolute Gasteiger partial charge is 0.269 e. The van der Waals surface area contributed by atoms with Gasteiger partial charge in [-0.1, -0.05) is 12.5 Å². The maximum absolute atomic E-state index is 10.7. The number of anilines is 1. The molecule has 0 aliphatic carbocycles. The third kappa shape index (κ3) is 7.09. The molecule has 1 N–H and O–H groups in total. The number of rotatable bonds is 11. The third-order valence-electron chi connectivity index (χ3n) is 4.66. The average Bonchev–Trinajstić information content (AvgIpc) is 2.79. The lowest BCUT2D eigenvalue weighted by Gasteiger charge is -2.06. The average molecular weight is 404 g/mol. The van der Waals surface area contributed by atoms with Crippen molar-refractivity contribution in [2.75, 3.05) is 11.9 Å². The van der Waals surface area contributed by atoms with Crippen LogP contribution in [0.5, 0.6) is 0 Å². The minimum absolute atomic E-state index is 0.0412. The fraction of sp³-hybridized carbons (Fsp3) is 0.261. The minimum Gasteiger partial charge on any atom is -0.385 e. The molecular formula is C23H26N5O2+. The summed E-state index contributed by atoms with van der Waals surface area (Å²) in [6, 6.07) is 19.9. The zero-order chi connectivity index (χ0) is 21.0. The van der Waals surface area contributed by atoms with E-state index in [0.717, 1.165) is 30.9 Å². The molecule has 0 amide bonds. The molecule has 0 atom stereocenters. The lowest BCUT2D eigenvalue weighted by molar-refractivity contribution is -0.697. The molecule has 7 heteroatoms. The topological polar surface area (TPSA) is 83.8 Å². The van der Waals surface area contributed by atoms with Crippen molar-refractivity contribution in [3.8, 4) is 0 Å². The molecule has 2 aromatic carbocycles. The maximum Gasteiger partial charge on any atom is 0.269 e. The Morgan fingerprint density at radius 2 is 1.40 bits per heavy atom. The molecule has 0 bridgehead atoms. The van der Waals surface area contributed by atoms with Crippen LogP contribution in [0, 0.1) is 10.1 Å². The number of nitro groups is 1. The van der Waals surface area contributed by atoms with Gasteiger partial charge in [0.1, 0.15) is 6.54 Å². The van der Waals surface area contributed by atoms with Crippen LogP contribution < -0.4 is 9.88 Å². The summed E-state index contributed by atoms with van der Waals surface area (Å²) in [5.41, 5.74) is 2.41. The molecule has 1 aromatic heterocycles. The van der Waals surface area contributed by atoms with E-state index in [1.807, 2.05) is 30.3 Å². The van der Waals surface area contributed by atoms with Crippen molar-refractivity contribution in [2.24, 2.45) is 10.2 Å². The molecule has 0 saturated carbocycles. The summed E-state index contributed by atoms with van der Waals surface area (Å²) in [4.78, 5) is 10.2. The van der Waals surface area contributed by atoms with E-state index >= 15 is 0 Å².